The van der Waals surface area contributed by atoms with Crippen molar-refractivity contribution in [2.75, 3.05) is 25.1 Å². The Bertz CT molecular complexity index is 923. The van der Waals surface area contributed by atoms with Gasteiger partial charge >= 0.3 is 5.97 Å². The molecule has 0 unspecified atom stereocenters. The van der Waals surface area contributed by atoms with Crippen molar-refractivity contribution in [3.63, 3.8) is 0 Å². The lowest BCUT2D eigenvalue weighted by Gasteiger charge is -2.27. The number of carbonyl (C=O) groups excluding carboxylic acids is 2. The first-order valence-corrected chi connectivity index (χ1v) is 9.70. The van der Waals surface area contributed by atoms with Gasteiger partial charge in [0, 0.05) is 11.8 Å². The number of carbonyl (C=O) groups is 2. The van der Waals surface area contributed by atoms with Crippen molar-refractivity contribution in [3.8, 4) is 11.5 Å². The van der Waals surface area contributed by atoms with E-state index in [4.69, 9.17) is 14.2 Å². The molecular weight excluding hydrogens is 377 g/mol. The fourth-order valence-corrected chi connectivity index (χ4v) is 3.96. The quantitative estimate of drug-likeness (QED) is 0.778. The van der Waals surface area contributed by atoms with Gasteiger partial charge in [0.15, 0.2) is 18.1 Å². The van der Waals surface area contributed by atoms with Crippen LogP contribution in [0.3, 0.4) is 0 Å². The van der Waals surface area contributed by atoms with Crippen molar-refractivity contribution >= 4 is 17.6 Å². The van der Waals surface area contributed by atoms with E-state index < -0.39 is 29.7 Å². The molecule has 2 aromatic rings. The van der Waals surface area contributed by atoms with Gasteiger partial charge in [-0.25, -0.2) is 4.39 Å². The number of amides is 1. The Labute approximate surface area is 168 Å². The van der Waals surface area contributed by atoms with E-state index in [9.17, 15) is 14.0 Å². The summed E-state index contributed by atoms with van der Waals surface area (Å²) in [7, 11) is 0. The van der Waals surface area contributed by atoms with E-state index in [0.29, 0.717) is 48.8 Å². The van der Waals surface area contributed by atoms with Gasteiger partial charge in [-0.2, -0.15) is 0 Å². The summed E-state index contributed by atoms with van der Waals surface area (Å²) in [5, 5.41) is 2.69. The van der Waals surface area contributed by atoms with Crippen LogP contribution in [0.25, 0.3) is 0 Å². The maximum atomic E-state index is 13.7. The van der Waals surface area contributed by atoms with E-state index in [1.807, 2.05) is 0 Å². The third-order valence-corrected chi connectivity index (χ3v) is 5.39. The van der Waals surface area contributed by atoms with E-state index in [2.05, 4.69) is 5.32 Å². The Balaban J connectivity index is 1.40. The van der Waals surface area contributed by atoms with Crippen molar-refractivity contribution in [1.82, 2.24) is 0 Å². The summed E-state index contributed by atoms with van der Waals surface area (Å²) in [4.78, 5) is 25.1. The number of fused-ring (bicyclic) bond motifs is 1. The molecule has 1 aliphatic heterocycles. The Morgan fingerprint density at radius 1 is 1.03 bits per heavy atom. The van der Waals surface area contributed by atoms with E-state index in [0.717, 1.165) is 12.8 Å². The molecule has 1 fully saturated rings. The monoisotopic (exact) mass is 399 g/mol. The van der Waals surface area contributed by atoms with Gasteiger partial charge in [0.2, 0.25) is 0 Å². The Hall–Kier alpha value is -3.09. The number of rotatable bonds is 5. The van der Waals surface area contributed by atoms with Crippen LogP contribution in [0.4, 0.5) is 10.1 Å². The second-order valence-corrected chi connectivity index (χ2v) is 7.28. The van der Waals surface area contributed by atoms with Crippen LogP contribution in [0, 0.1) is 5.82 Å². The number of esters is 1. The van der Waals surface area contributed by atoms with Crippen LogP contribution in [-0.4, -0.2) is 31.7 Å². The van der Waals surface area contributed by atoms with Crippen LogP contribution in [0.2, 0.25) is 0 Å². The molecule has 4 rings (SSSR count). The molecule has 0 spiro atoms. The minimum absolute atomic E-state index is 0.391. The van der Waals surface area contributed by atoms with Crippen LogP contribution in [-0.2, 0) is 19.7 Å². The predicted octanol–water partition coefficient (Wildman–Crippen LogP) is 3.59. The molecule has 29 heavy (non-hydrogen) atoms. The van der Waals surface area contributed by atoms with Crippen molar-refractivity contribution in [2.24, 2.45) is 0 Å². The third kappa shape index (κ3) is 4.04. The summed E-state index contributed by atoms with van der Waals surface area (Å²) in [5.41, 5.74) is 0.239. The first-order valence-electron chi connectivity index (χ1n) is 9.70. The minimum atomic E-state index is -0.890. The molecule has 0 radical (unpaired) electrons. The topological polar surface area (TPSA) is 73.9 Å². The fraction of sp³-hybridized carbons (Fsp3) is 0.364. The molecule has 1 amide bonds. The summed E-state index contributed by atoms with van der Waals surface area (Å²) in [6, 6.07) is 11.1. The van der Waals surface area contributed by atoms with Crippen LogP contribution < -0.4 is 14.8 Å². The summed E-state index contributed by atoms with van der Waals surface area (Å²) < 4.78 is 30.0. The third-order valence-electron chi connectivity index (χ3n) is 5.39. The number of ether oxygens (including phenoxy) is 3. The second kappa shape index (κ2) is 8.11. The Kier molecular flexibility index (Phi) is 5.38. The van der Waals surface area contributed by atoms with E-state index in [1.54, 1.807) is 30.3 Å². The van der Waals surface area contributed by atoms with E-state index in [1.165, 1.54) is 12.1 Å². The molecule has 0 saturated heterocycles. The van der Waals surface area contributed by atoms with Crippen LogP contribution in [0.1, 0.15) is 31.2 Å². The molecule has 152 valence electrons. The van der Waals surface area contributed by atoms with Crippen molar-refractivity contribution in [3.05, 3.63) is 53.8 Å². The van der Waals surface area contributed by atoms with Gasteiger partial charge in [-0.3, -0.25) is 9.59 Å². The highest BCUT2D eigenvalue weighted by Gasteiger charge is 2.44. The Morgan fingerprint density at radius 3 is 2.55 bits per heavy atom. The minimum Gasteiger partial charge on any atom is -0.486 e. The first-order chi connectivity index (χ1) is 14.1. The molecule has 2 aromatic carbocycles. The van der Waals surface area contributed by atoms with E-state index >= 15 is 0 Å². The van der Waals surface area contributed by atoms with Gasteiger partial charge in [0.25, 0.3) is 5.91 Å². The highest BCUT2D eigenvalue weighted by molar-refractivity contribution is 5.94. The SMILES string of the molecule is O=C(COC(=O)C1(c2cccc(F)c2)CCCC1)Nc1ccc2c(c1)OCCO2. The molecule has 6 nitrogen and oxygen atoms in total. The van der Waals surface area contributed by atoms with Crippen LogP contribution >= 0.6 is 0 Å². The zero-order valence-corrected chi connectivity index (χ0v) is 15.9. The van der Waals surface area contributed by atoms with Gasteiger partial charge in [-0.15, -0.1) is 0 Å². The summed E-state index contributed by atoms with van der Waals surface area (Å²) in [5.74, 6) is -0.153. The van der Waals surface area contributed by atoms with E-state index in [-0.39, 0.29) is 0 Å². The zero-order valence-electron chi connectivity index (χ0n) is 15.9. The maximum Gasteiger partial charge on any atom is 0.317 e. The van der Waals surface area contributed by atoms with Crippen molar-refractivity contribution < 1.29 is 28.2 Å². The molecule has 7 heteroatoms. The second-order valence-electron chi connectivity index (χ2n) is 7.28. The Morgan fingerprint density at radius 2 is 1.79 bits per heavy atom. The predicted molar refractivity (Wildman–Crippen MR) is 104 cm³/mol. The molecule has 0 atom stereocenters. The highest BCUT2D eigenvalue weighted by atomic mass is 19.1. The molecule has 0 aromatic heterocycles. The summed E-state index contributed by atoms with van der Waals surface area (Å²) in [6.07, 6.45) is 2.88. The summed E-state index contributed by atoms with van der Waals surface area (Å²) >= 11 is 0. The number of anilines is 1. The summed E-state index contributed by atoms with van der Waals surface area (Å²) in [6.45, 7) is 0.524. The number of nitrogens with one attached hydrogen (secondary N) is 1. The lowest BCUT2D eigenvalue weighted by Crippen LogP contribution is -2.36. The molecule has 1 N–H and O–H groups in total. The smallest absolute Gasteiger partial charge is 0.317 e. The lowest BCUT2D eigenvalue weighted by molar-refractivity contribution is -0.153. The molecule has 2 aliphatic rings. The average Bonchev–Trinajstić information content (AvgIpc) is 3.23. The molecular formula is C22H22FNO5. The number of hydrogen-bond donors (Lipinski definition) is 1. The average molecular weight is 399 g/mol. The van der Waals surface area contributed by atoms with Crippen LogP contribution in [0.15, 0.2) is 42.5 Å². The lowest BCUT2D eigenvalue weighted by atomic mass is 9.79. The van der Waals surface area contributed by atoms with Gasteiger partial charge in [-0.05, 0) is 42.7 Å². The standard InChI is InChI=1S/C22H22FNO5/c23-16-5-3-4-15(12-16)22(8-1-2-9-22)21(26)29-14-20(25)24-17-6-7-18-19(13-17)28-11-10-27-18/h3-7,12-13H,1-2,8-11,14H2,(H,24,25). The van der Waals surface area contributed by atoms with Gasteiger partial charge in [-0.1, -0.05) is 25.0 Å². The molecule has 0 bridgehead atoms. The normalized spacial score (nSPS) is 16.9. The van der Waals surface area contributed by atoms with Crippen molar-refractivity contribution in [2.45, 2.75) is 31.1 Å². The fourth-order valence-electron chi connectivity index (χ4n) is 3.96. The molecule has 1 saturated carbocycles. The number of halogens is 1. The van der Waals surface area contributed by atoms with Gasteiger partial charge in [0.05, 0.1) is 5.41 Å². The van der Waals surface area contributed by atoms with Gasteiger partial charge < -0.3 is 19.5 Å². The molecule has 1 heterocycles. The largest absolute Gasteiger partial charge is 0.486 e. The first kappa shape index (κ1) is 19.2. The van der Waals surface area contributed by atoms with Crippen molar-refractivity contribution in [1.29, 1.82) is 0 Å². The number of hydrogen-bond acceptors (Lipinski definition) is 5. The molecule has 1 aliphatic carbocycles. The maximum absolute atomic E-state index is 13.7. The van der Waals surface area contributed by atoms with Gasteiger partial charge in [0.1, 0.15) is 19.0 Å². The zero-order chi connectivity index (χ0) is 20.3. The van der Waals surface area contributed by atoms with Crippen LogP contribution in [0.5, 0.6) is 11.5 Å². The number of benzene rings is 2. The highest BCUT2D eigenvalue weighted by Crippen LogP contribution is 2.42.